The number of hydrogen-bond donors (Lipinski definition) is 2. The lowest BCUT2D eigenvalue weighted by Gasteiger charge is -2.22. The van der Waals surface area contributed by atoms with Crippen molar-refractivity contribution in [3.05, 3.63) is 47.0 Å². The van der Waals surface area contributed by atoms with E-state index in [4.69, 9.17) is 14.2 Å². The standard InChI is InChI=1S/C26H30O5/c1-16(2)8-10-29-24-12-20(21(27)13-22(24)28)18-11-17-5-6-23-19(25(17)30-14-18)7-9-26(3,4)15-31-23/h5-7,9,11-13,16,27-28H,8,10,14-15H2,1-4H3. The summed E-state index contributed by atoms with van der Waals surface area (Å²) >= 11 is 0. The van der Waals surface area contributed by atoms with Crippen LogP contribution in [0.2, 0.25) is 0 Å². The second kappa shape index (κ2) is 8.22. The number of hydrogen-bond acceptors (Lipinski definition) is 5. The molecule has 0 saturated heterocycles. The smallest absolute Gasteiger partial charge is 0.161 e. The van der Waals surface area contributed by atoms with Gasteiger partial charge in [-0.2, -0.15) is 0 Å². The lowest BCUT2D eigenvalue weighted by molar-refractivity contribution is 0.224. The highest BCUT2D eigenvalue weighted by Crippen LogP contribution is 2.44. The Hall–Kier alpha value is -3.08. The molecule has 2 aliphatic heterocycles. The number of ether oxygens (including phenoxy) is 3. The largest absolute Gasteiger partial charge is 0.507 e. The van der Waals surface area contributed by atoms with Gasteiger partial charge in [0, 0.05) is 28.2 Å². The molecule has 0 fully saturated rings. The maximum atomic E-state index is 10.5. The van der Waals surface area contributed by atoms with Crippen molar-refractivity contribution >= 4 is 17.7 Å². The summed E-state index contributed by atoms with van der Waals surface area (Å²) in [6, 6.07) is 6.93. The van der Waals surface area contributed by atoms with E-state index in [1.165, 1.54) is 6.07 Å². The Morgan fingerprint density at radius 3 is 2.68 bits per heavy atom. The number of phenolic OH excluding ortho intramolecular Hbond substituents is 2. The van der Waals surface area contributed by atoms with Gasteiger partial charge in [-0.1, -0.05) is 39.8 Å². The van der Waals surface area contributed by atoms with Crippen LogP contribution in [0, 0.1) is 11.3 Å². The molecule has 31 heavy (non-hydrogen) atoms. The Labute approximate surface area is 183 Å². The van der Waals surface area contributed by atoms with Crippen LogP contribution >= 0.6 is 0 Å². The zero-order chi connectivity index (χ0) is 22.2. The minimum Gasteiger partial charge on any atom is -0.507 e. The first kappa shape index (κ1) is 21.2. The van der Waals surface area contributed by atoms with Crippen molar-refractivity contribution in [2.75, 3.05) is 19.8 Å². The number of rotatable bonds is 5. The summed E-state index contributed by atoms with van der Waals surface area (Å²) in [6.45, 7) is 9.92. The van der Waals surface area contributed by atoms with Crippen molar-refractivity contribution in [3.8, 4) is 28.7 Å². The molecule has 2 aromatic carbocycles. The fraction of sp³-hybridized carbons (Fsp3) is 0.385. The molecule has 2 aliphatic rings. The number of fused-ring (bicyclic) bond motifs is 3. The molecular weight excluding hydrogens is 392 g/mol. The maximum Gasteiger partial charge on any atom is 0.161 e. The summed E-state index contributed by atoms with van der Waals surface area (Å²) in [7, 11) is 0. The third-order valence-corrected chi connectivity index (χ3v) is 5.57. The normalized spacial score (nSPS) is 16.5. The average Bonchev–Trinajstić information content (AvgIpc) is 2.87. The molecule has 0 saturated carbocycles. The van der Waals surface area contributed by atoms with E-state index >= 15 is 0 Å². The molecule has 0 unspecified atom stereocenters. The van der Waals surface area contributed by atoms with E-state index in [2.05, 4.69) is 39.8 Å². The summed E-state index contributed by atoms with van der Waals surface area (Å²) in [6.07, 6.45) is 7.10. The Morgan fingerprint density at radius 1 is 1.10 bits per heavy atom. The van der Waals surface area contributed by atoms with Crippen LogP contribution in [0.5, 0.6) is 28.7 Å². The van der Waals surface area contributed by atoms with Gasteiger partial charge in [-0.05, 0) is 36.6 Å². The van der Waals surface area contributed by atoms with Crippen molar-refractivity contribution in [3.63, 3.8) is 0 Å². The second-order valence-electron chi connectivity index (χ2n) is 9.33. The van der Waals surface area contributed by atoms with Gasteiger partial charge in [-0.25, -0.2) is 0 Å². The van der Waals surface area contributed by atoms with E-state index in [9.17, 15) is 10.2 Å². The van der Waals surface area contributed by atoms with Crippen molar-refractivity contribution in [1.82, 2.24) is 0 Å². The minimum atomic E-state index is -0.0713. The quantitative estimate of drug-likeness (QED) is 0.629. The van der Waals surface area contributed by atoms with E-state index in [1.54, 1.807) is 6.07 Å². The lowest BCUT2D eigenvalue weighted by Crippen LogP contribution is -2.17. The van der Waals surface area contributed by atoms with Crippen molar-refractivity contribution < 1.29 is 24.4 Å². The third-order valence-electron chi connectivity index (χ3n) is 5.57. The Kier molecular flexibility index (Phi) is 5.61. The Bertz CT molecular complexity index is 1050. The van der Waals surface area contributed by atoms with Gasteiger partial charge in [0.05, 0.1) is 18.8 Å². The molecule has 2 heterocycles. The van der Waals surface area contributed by atoms with Crippen molar-refractivity contribution in [1.29, 1.82) is 0 Å². The predicted octanol–water partition coefficient (Wildman–Crippen LogP) is 5.89. The zero-order valence-corrected chi connectivity index (χ0v) is 18.6. The van der Waals surface area contributed by atoms with Crippen LogP contribution in [0.1, 0.15) is 50.8 Å². The first-order chi connectivity index (χ1) is 14.7. The zero-order valence-electron chi connectivity index (χ0n) is 18.6. The summed E-state index contributed by atoms with van der Waals surface area (Å²) < 4.78 is 17.9. The van der Waals surface area contributed by atoms with Crippen LogP contribution in [-0.2, 0) is 0 Å². The highest BCUT2D eigenvalue weighted by atomic mass is 16.5. The highest BCUT2D eigenvalue weighted by Gasteiger charge is 2.25. The predicted molar refractivity (Wildman–Crippen MR) is 123 cm³/mol. The molecule has 164 valence electrons. The second-order valence-corrected chi connectivity index (χ2v) is 9.33. The number of phenols is 2. The molecular formula is C26H30O5. The first-order valence-electron chi connectivity index (χ1n) is 10.7. The molecule has 0 bridgehead atoms. The van der Waals surface area contributed by atoms with Crippen LogP contribution in [0.15, 0.2) is 30.3 Å². The maximum absolute atomic E-state index is 10.5. The van der Waals surface area contributed by atoms with Crippen LogP contribution in [0.4, 0.5) is 0 Å². The van der Waals surface area contributed by atoms with Gasteiger partial charge in [0.1, 0.15) is 23.9 Å². The highest BCUT2D eigenvalue weighted by molar-refractivity contribution is 5.90. The van der Waals surface area contributed by atoms with E-state index in [-0.39, 0.29) is 16.9 Å². The van der Waals surface area contributed by atoms with Gasteiger partial charge in [0.2, 0.25) is 0 Å². The van der Waals surface area contributed by atoms with E-state index in [0.717, 1.165) is 34.6 Å². The summed E-state index contributed by atoms with van der Waals surface area (Å²) in [4.78, 5) is 0. The molecule has 0 aliphatic carbocycles. The topological polar surface area (TPSA) is 68.2 Å². The number of benzene rings is 2. The van der Waals surface area contributed by atoms with Gasteiger partial charge < -0.3 is 24.4 Å². The van der Waals surface area contributed by atoms with E-state index < -0.39 is 0 Å². The fourth-order valence-electron chi connectivity index (χ4n) is 3.65. The van der Waals surface area contributed by atoms with Gasteiger partial charge >= 0.3 is 0 Å². The minimum absolute atomic E-state index is 0.00764. The van der Waals surface area contributed by atoms with Crippen LogP contribution < -0.4 is 14.2 Å². The fourth-order valence-corrected chi connectivity index (χ4v) is 3.65. The van der Waals surface area contributed by atoms with Gasteiger partial charge in [0.15, 0.2) is 11.5 Å². The molecule has 5 nitrogen and oxygen atoms in total. The monoisotopic (exact) mass is 422 g/mol. The Balaban J connectivity index is 1.67. The summed E-state index contributed by atoms with van der Waals surface area (Å²) in [5.41, 5.74) is 3.21. The van der Waals surface area contributed by atoms with Crippen molar-refractivity contribution in [2.45, 2.75) is 34.1 Å². The van der Waals surface area contributed by atoms with Gasteiger partial charge in [0.25, 0.3) is 0 Å². The third kappa shape index (κ3) is 4.50. The van der Waals surface area contributed by atoms with Crippen LogP contribution in [0.3, 0.4) is 0 Å². The van der Waals surface area contributed by atoms with E-state index in [0.29, 0.717) is 37.1 Å². The molecule has 0 atom stereocenters. The van der Waals surface area contributed by atoms with Gasteiger partial charge in [-0.3, -0.25) is 0 Å². The molecule has 0 radical (unpaired) electrons. The first-order valence-corrected chi connectivity index (χ1v) is 10.7. The molecule has 0 amide bonds. The molecule has 4 rings (SSSR count). The summed E-state index contributed by atoms with van der Waals surface area (Å²) in [5.74, 6) is 2.38. The van der Waals surface area contributed by atoms with Crippen LogP contribution in [-0.4, -0.2) is 30.0 Å². The molecule has 5 heteroatoms. The lowest BCUT2D eigenvalue weighted by atomic mass is 9.93. The molecule has 0 aromatic heterocycles. The average molecular weight is 423 g/mol. The SMILES string of the molecule is CC(C)CCOc1cc(C2=Cc3ccc4c(c3OC2)C=CC(C)(C)CO4)c(O)cc1O. The summed E-state index contributed by atoms with van der Waals surface area (Å²) in [5, 5.41) is 20.7. The number of aromatic hydroxyl groups is 2. The Morgan fingerprint density at radius 2 is 1.90 bits per heavy atom. The van der Waals surface area contributed by atoms with E-state index in [1.807, 2.05) is 18.2 Å². The molecule has 2 N–H and O–H groups in total. The van der Waals surface area contributed by atoms with Crippen molar-refractivity contribution in [2.24, 2.45) is 11.3 Å². The van der Waals surface area contributed by atoms with Crippen LogP contribution in [0.25, 0.3) is 17.7 Å². The van der Waals surface area contributed by atoms with Gasteiger partial charge in [-0.15, -0.1) is 0 Å². The molecule has 0 spiro atoms. The molecule has 2 aromatic rings.